The first-order chi connectivity index (χ1) is 15.5. The summed E-state index contributed by atoms with van der Waals surface area (Å²) in [5, 5.41) is 2.90. The van der Waals surface area contributed by atoms with Crippen LogP contribution in [0.5, 0.6) is 11.5 Å². The zero-order valence-corrected chi connectivity index (χ0v) is 18.6. The van der Waals surface area contributed by atoms with Crippen molar-refractivity contribution in [1.82, 2.24) is 4.90 Å². The molecule has 1 saturated heterocycles. The van der Waals surface area contributed by atoms with Gasteiger partial charge in [0, 0.05) is 44.1 Å². The van der Waals surface area contributed by atoms with Crippen LogP contribution < -0.4 is 14.8 Å². The smallest absolute Gasteiger partial charge is 0.335 e. The Kier molecular flexibility index (Phi) is 6.19. The highest BCUT2D eigenvalue weighted by atomic mass is 16.6. The highest BCUT2D eigenvalue weighted by molar-refractivity contribution is 6.13. The molecule has 0 saturated carbocycles. The lowest BCUT2D eigenvalue weighted by atomic mass is 9.82. The number of hydrogen-bond donors (Lipinski definition) is 1. The Morgan fingerprint density at radius 2 is 1.81 bits per heavy atom. The minimum Gasteiger partial charge on any atom is -0.497 e. The van der Waals surface area contributed by atoms with E-state index in [-0.39, 0.29) is 5.91 Å². The van der Waals surface area contributed by atoms with Gasteiger partial charge in [-0.25, -0.2) is 4.79 Å². The van der Waals surface area contributed by atoms with E-state index in [0.29, 0.717) is 41.2 Å². The number of nitrogens with one attached hydrogen (secondary N) is 1. The number of methoxy groups -OCH3 is 2. The van der Waals surface area contributed by atoms with Gasteiger partial charge in [-0.1, -0.05) is 30.3 Å². The predicted octanol–water partition coefficient (Wildman–Crippen LogP) is 3.55. The second-order valence-electron chi connectivity index (χ2n) is 8.17. The summed E-state index contributed by atoms with van der Waals surface area (Å²) < 4.78 is 16.5. The fourth-order valence-electron chi connectivity index (χ4n) is 4.49. The molecule has 2 aromatic carbocycles. The molecule has 32 heavy (non-hydrogen) atoms. The number of anilines is 1. The van der Waals surface area contributed by atoms with Gasteiger partial charge in [-0.2, -0.15) is 0 Å². The van der Waals surface area contributed by atoms with E-state index in [1.807, 2.05) is 18.2 Å². The second kappa shape index (κ2) is 9.04. The molecule has 7 nitrogen and oxygen atoms in total. The molecule has 2 aromatic rings. The summed E-state index contributed by atoms with van der Waals surface area (Å²) in [6.45, 7) is 3.95. The summed E-state index contributed by atoms with van der Waals surface area (Å²) >= 11 is 0. The molecule has 0 atom stereocenters. The Balaban J connectivity index is 1.53. The normalized spacial score (nSPS) is 17.9. The van der Waals surface area contributed by atoms with Gasteiger partial charge in [-0.15, -0.1) is 0 Å². The number of carbonyl (C=O) groups is 2. The van der Waals surface area contributed by atoms with E-state index >= 15 is 0 Å². The largest absolute Gasteiger partial charge is 0.497 e. The van der Waals surface area contributed by atoms with Crippen LogP contribution in [0.1, 0.15) is 25.3 Å². The number of nitrogens with zero attached hydrogens (tertiary/aromatic N) is 1. The van der Waals surface area contributed by atoms with Crippen LogP contribution in [0.2, 0.25) is 0 Å². The van der Waals surface area contributed by atoms with E-state index in [0.717, 1.165) is 19.6 Å². The zero-order valence-electron chi connectivity index (χ0n) is 18.6. The molecule has 1 spiro atoms. The maximum atomic E-state index is 13.4. The number of amides is 1. The van der Waals surface area contributed by atoms with Crippen LogP contribution in [-0.2, 0) is 20.9 Å². The number of esters is 1. The van der Waals surface area contributed by atoms with E-state index < -0.39 is 11.6 Å². The van der Waals surface area contributed by atoms with Gasteiger partial charge in [0.2, 0.25) is 0 Å². The van der Waals surface area contributed by atoms with Crippen molar-refractivity contribution in [3.8, 4) is 11.5 Å². The highest BCUT2D eigenvalue weighted by Gasteiger charge is 2.50. The number of carbonyl (C=O) groups excluding carboxylic acids is 2. The van der Waals surface area contributed by atoms with Crippen molar-refractivity contribution in [2.24, 2.45) is 0 Å². The Morgan fingerprint density at radius 1 is 1.09 bits per heavy atom. The Morgan fingerprint density at radius 3 is 2.47 bits per heavy atom. The van der Waals surface area contributed by atoms with Crippen molar-refractivity contribution in [2.45, 2.75) is 31.9 Å². The van der Waals surface area contributed by atoms with Gasteiger partial charge in [0.15, 0.2) is 0 Å². The number of rotatable bonds is 6. The molecule has 1 fully saturated rings. The summed E-state index contributed by atoms with van der Waals surface area (Å²) in [7, 11) is 3.09. The molecule has 0 unspecified atom stereocenters. The minimum absolute atomic E-state index is 0.351. The number of ether oxygens (including phenoxy) is 3. The molecule has 0 aromatic heterocycles. The van der Waals surface area contributed by atoms with Crippen LogP contribution >= 0.6 is 0 Å². The van der Waals surface area contributed by atoms with E-state index in [1.54, 1.807) is 32.2 Å². The SMILES string of the molecule is COc1ccc(OC)c(NC(=O)C2=C(C)C(=O)OC23CCN(Cc2ccccc2)CC3)c1. The summed E-state index contributed by atoms with van der Waals surface area (Å²) in [5.41, 5.74) is 1.59. The Bertz CT molecular complexity index is 1040. The van der Waals surface area contributed by atoms with Crippen molar-refractivity contribution < 1.29 is 23.8 Å². The third kappa shape index (κ3) is 4.21. The van der Waals surface area contributed by atoms with E-state index in [4.69, 9.17) is 14.2 Å². The van der Waals surface area contributed by atoms with Gasteiger partial charge < -0.3 is 19.5 Å². The average molecular weight is 437 g/mol. The lowest BCUT2D eigenvalue weighted by Gasteiger charge is -2.39. The first kappa shape index (κ1) is 21.9. The van der Waals surface area contributed by atoms with Crippen LogP contribution in [0, 0.1) is 0 Å². The van der Waals surface area contributed by atoms with Crippen molar-refractivity contribution in [2.75, 3.05) is 32.6 Å². The molecule has 0 radical (unpaired) electrons. The fraction of sp³-hybridized carbons (Fsp3) is 0.360. The first-order valence-corrected chi connectivity index (χ1v) is 10.7. The van der Waals surface area contributed by atoms with Gasteiger partial charge >= 0.3 is 5.97 Å². The molecule has 0 aliphatic carbocycles. The van der Waals surface area contributed by atoms with Gasteiger partial charge in [0.05, 0.1) is 25.5 Å². The van der Waals surface area contributed by atoms with Crippen LogP contribution in [-0.4, -0.2) is 49.7 Å². The average Bonchev–Trinajstić information content (AvgIpc) is 3.05. The quantitative estimate of drug-likeness (QED) is 0.698. The molecule has 2 heterocycles. The molecule has 1 amide bonds. The van der Waals surface area contributed by atoms with E-state index in [2.05, 4.69) is 22.3 Å². The van der Waals surface area contributed by atoms with E-state index in [9.17, 15) is 9.59 Å². The Labute approximate surface area is 188 Å². The molecule has 1 N–H and O–H groups in total. The Hall–Kier alpha value is -3.32. The molecule has 4 rings (SSSR count). The number of benzene rings is 2. The highest BCUT2D eigenvalue weighted by Crippen LogP contribution is 2.42. The van der Waals surface area contributed by atoms with Crippen molar-refractivity contribution in [3.05, 3.63) is 65.2 Å². The molecule has 0 bridgehead atoms. The van der Waals surface area contributed by atoms with Crippen molar-refractivity contribution in [1.29, 1.82) is 0 Å². The third-order valence-electron chi connectivity index (χ3n) is 6.22. The summed E-state index contributed by atoms with van der Waals surface area (Å²) in [6, 6.07) is 15.4. The van der Waals surface area contributed by atoms with Crippen molar-refractivity contribution in [3.63, 3.8) is 0 Å². The van der Waals surface area contributed by atoms with Crippen LogP contribution in [0.15, 0.2) is 59.7 Å². The molecule has 2 aliphatic rings. The number of hydrogen-bond acceptors (Lipinski definition) is 6. The first-order valence-electron chi connectivity index (χ1n) is 10.7. The van der Waals surface area contributed by atoms with Crippen LogP contribution in [0.4, 0.5) is 5.69 Å². The molecule has 7 heteroatoms. The minimum atomic E-state index is -0.898. The van der Waals surface area contributed by atoms with E-state index in [1.165, 1.54) is 12.7 Å². The number of piperidine rings is 1. The zero-order chi connectivity index (χ0) is 22.7. The van der Waals surface area contributed by atoms with Gasteiger partial charge in [-0.3, -0.25) is 9.69 Å². The fourth-order valence-corrected chi connectivity index (χ4v) is 4.49. The molecular weight excluding hydrogens is 408 g/mol. The molecule has 2 aliphatic heterocycles. The second-order valence-corrected chi connectivity index (χ2v) is 8.17. The van der Waals surface area contributed by atoms with Gasteiger partial charge in [0.1, 0.15) is 17.1 Å². The van der Waals surface area contributed by atoms with Crippen LogP contribution in [0.3, 0.4) is 0 Å². The topological polar surface area (TPSA) is 77.1 Å². The maximum absolute atomic E-state index is 13.4. The summed E-state index contributed by atoms with van der Waals surface area (Å²) in [4.78, 5) is 28.2. The molecule has 168 valence electrons. The van der Waals surface area contributed by atoms with Crippen LogP contribution in [0.25, 0.3) is 0 Å². The van der Waals surface area contributed by atoms with Gasteiger partial charge in [-0.05, 0) is 24.6 Å². The summed E-state index contributed by atoms with van der Waals surface area (Å²) in [5.74, 6) is 0.324. The lowest BCUT2D eigenvalue weighted by molar-refractivity contribution is -0.150. The third-order valence-corrected chi connectivity index (χ3v) is 6.22. The predicted molar refractivity (Wildman–Crippen MR) is 121 cm³/mol. The molecular formula is C25H28N2O5. The van der Waals surface area contributed by atoms with Crippen molar-refractivity contribution >= 4 is 17.6 Å². The summed E-state index contributed by atoms with van der Waals surface area (Å²) in [6.07, 6.45) is 1.14. The standard InChI is InChI=1S/C25H28N2O5/c1-17-22(23(28)26-20-15-19(30-2)9-10-21(20)31-3)25(32-24(17)29)11-13-27(14-12-25)16-18-7-5-4-6-8-18/h4-10,15H,11-14,16H2,1-3H3,(H,26,28). The van der Waals surface area contributed by atoms with Gasteiger partial charge in [0.25, 0.3) is 5.91 Å². The number of likely N-dealkylation sites (tertiary alicyclic amines) is 1. The lowest BCUT2D eigenvalue weighted by Crippen LogP contribution is -2.47. The monoisotopic (exact) mass is 436 g/mol. The maximum Gasteiger partial charge on any atom is 0.335 e.